The zero-order valence-corrected chi connectivity index (χ0v) is 35.7. The number of nitrogens with zero attached hydrogens (tertiary/aromatic N) is 2. The second-order valence-corrected chi connectivity index (χ2v) is 14.9. The van der Waals surface area contributed by atoms with Crippen molar-refractivity contribution in [2.75, 3.05) is 66.1 Å². The Bertz CT molecular complexity index is 1270. The van der Waals surface area contributed by atoms with Crippen LogP contribution in [0.5, 0.6) is 11.5 Å². The Kier molecular flexibility index (Phi) is 27.7. The van der Waals surface area contributed by atoms with E-state index in [0.29, 0.717) is 52.9 Å². The minimum atomic E-state index is -0.460. The van der Waals surface area contributed by atoms with E-state index in [-0.39, 0.29) is 0 Å². The number of hydrogen-bond donors (Lipinski definition) is 4. The van der Waals surface area contributed by atoms with Crippen molar-refractivity contribution in [1.29, 1.82) is 0 Å². The lowest BCUT2D eigenvalue weighted by molar-refractivity contribution is -0.190. The second-order valence-electron chi connectivity index (χ2n) is 14.9. The van der Waals surface area contributed by atoms with E-state index >= 15 is 0 Å². The lowest BCUT2D eigenvalue weighted by atomic mass is 10.1. The van der Waals surface area contributed by atoms with Gasteiger partial charge in [-0.25, -0.2) is 9.59 Å². The molecule has 0 aromatic heterocycles. The molecule has 0 amide bonds. The van der Waals surface area contributed by atoms with Gasteiger partial charge in [0.25, 0.3) is 0 Å². The average Bonchev–Trinajstić information content (AvgIpc) is 3.23. The fourth-order valence-corrected chi connectivity index (χ4v) is 6.26. The van der Waals surface area contributed by atoms with Crippen LogP contribution in [0.3, 0.4) is 0 Å². The number of nitrogens with one attached hydrogen (secondary N) is 4. The highest BCUT2D eigenvalue weighted by Gasteiger charge is 2.12. The van der Waals surface area contributed by atoms with Gasteiger partial charge in [0.1, 0.15) is 11.5 Å². The zero-order valence-electron chi connectivity index (χ0n) is 35.7. The van der Waals surface area contributed by atoms with Crippen LogP contribution in [0.2, 0.25) is 0 Å². The summed E-state index contributed by atoms with van der Waals surface area (Å²) in [5.41, 5.74) is 1.78. The summed E-state index contributed by atoms with van der Waals surface area (Å²) in [6.07, 6.45) is 26.7. The van der Waals surface area contributed by atoms with Crippen LogP contribution in [0.4, 0.5) is 0 Å². The first-order chi connectivity index (χ1) is 28.6. The molecule has 0 bridgehead atoms. The first-order valence-electron chi connectivity index (χ1n) is 22.1. The van der Waals surface area contributed by atoms with Gasteiger partial charge in [0.2, 0.25) is 0 Å². The Labute approximate surface area is 349 Å². The number of hydroxylamine groups is 4. The number of benzene rings is 2. The van der Waals surface area contributed by atoms with Gasteiger partial charge in [-0.3, -0.25) is 0 Å². The average molecular weight is 807 g/mol. The van der Waals surface area contributed by atoms with Gasteiger partial charge in [0, 0.05) is 38.3 Å². The van der Waals surface area contributed by atoms with Crippen molar-refractivity contribution < 1.29 is 28.7 Å². The third kappa shape index (κ3) is 24.9. The molecule has 1 aliphatic heterocycles. The third-order valence-corrected chi connectivity index (χ3v) is 9.67. The molecule has 1 aliphatic rings. The lowest BCUT2D eigenvalue weighted by Crippen LogP contribution is -2.48. The molecular weight excluding hydrogens is 733 g/mol. The fraction of sp³-hybridized carbons (Fsp3) is 0.609. The van der Waals surface area contributed by atoms with E-state index < -0.39 is 11.9 Å². The quantitative estimate of drug-likeness (QED) is 0.0542. The monoisotopic (exact) mass is 807 g/mol. The molecule has 0 saturated carbocycles. The predicted molar refractivity (Wildman–Crippen MR) is 235 cm³/mol. The lowest BCUT2D eigenvalue weighted by Gasteiger charge is -2.24. The summed E-state index contributed by atoms with van der Waals surface area (Å²) in [6, 6.07) is 15.5. The molecule has 3 rings (SSSR count). The van der Waals surface area contributed by atoms with Crippen molar-refractivity contribution in [2.24, 2.45) is 0 Å². The summed E-state index contributed by atoms with van der Waals surface area (Å²) >= 11 is 0. The van der Waals surface area contributed by atoms with E-state index in [1.54, 1.807) is 22.3 Å². The van der Waals surface area contributed by atoms with Crippen molar-refractivity contribution in [1.82, 2.24) is 31.4 Å². The van der Waals surface area contributed by atoms with Crippen LogP contribution in [0.25, 0.3) is 12.2 Å². The molecule has 0 aliphatic carbocycles. The van der Waals surface area contributed by atoms with Crippen LogP contribution < -0.4 is 30.7 Å². The number of rotatable bonds is 26. The Morgan fingerprint density at radius 1 is 0.483 bits per heavy atom. The van der Waals surface area contributed by atoms with Gasteiger partial charge >= 0.3 is 11.9 Å². The van der Waals surface area contributed by atoms with Gasteiger partial charge in [0.05, 0.1) is 39.9 Å². The van der Waals surface area contributed by atoms with Gasteiger partial charge in [-0.1, -0.05) is 128 Å². The Morgan fingerprint density at radius 2 is 0.793 bits per heavy atom. The van der Waals surface area contributed by atoms with Gasteiger partial charge in [-0.2, -0.15) is 0 Å². The molecule has 0 atom stereocenters. The number of carbonyl (C=O) groups is 2. The summed E-state index contributed by atoms with van der Waals surface area (Å²) in [7, 11) is 0. The molecule has 1 saturated heterocycles. The van der Waals surface area contributed by atoms with Crippen LogP contribution in [-0.2, 0) is 19.3 Å². The van der Waals surface area contributed by atoms with Crippen molar-refractivity contribution in [3.8, 4) is 11.5 Å². The molecule has 2 aromatic rings. The topological polar surface area (TPSA) is 126 Å². The molecule has 0 spiro atoms. The molecule has 1 heterocycles. The fourth-order valence-electron chi connectivity index (χ4n) is 6.26. The Hall–Kier alpha value is -3.78. The third-order valence-electron chi connectivity index (χ3n) is 9.67. The first kappa shape index (κ1) is 48.6. The van der Waals surface area contributed by atoms with E-state index in [1.807, 2.05) is 48.5 Å². The minimum absolute atomic E-state index is 0.336. The summed E-state index contributed by atoms with van der Waals surface area (Å²) in [4.78, 5) is 36.6. The molecule has 324 valence electrons. The molecule has 0 unspecified atom stereocenters. The second kappa shape index (κ2) is 33.1. The zero-order chi connectivity index (χ0) is 41.1. The van der Waals surface area contributed by atoms with Crippen molar-refractivity contribution in [2.45, 2.75) is 117 Å². The molecule has 12 heteroatoms. The highest BCUT2D eigenvalue weighted by Crippen LogP contribution is 2.16. The van der Waals surface area contributed by atoms with Crippen molar-refractivity contribution in [3.63, 3.8) is 0 Å². The number of carbonyl (C=O) groups excluding carboxylic acids is 2. The summed E-state index contributed by atoms with van der Waals surface area (Å²) < 4.78 is 11.8. The number of ether oxygens (including phenoxy) is 2. The van der Waals surface area contributed by atoms with E-state index in [0.717, 1.165) is 48.7 Å². The standard InChI is InChI=1S/C46H74N6O6/c1-3-5-7-9-11-13-15-17-35-55-43-25-19-41(20-26-43)23-29-45(53)57-51-37-47-31-33-49-39-52(40-50-34-32-48-38-51)58-46(54)30-24-42-21-27-44(28-22-42)56-36-18-16-14-12-10-8-6-4-2/h19-30,47-50H,3-18,31-40H2,1-2H3/b29-23+,30-24+. The molecule has 58 heavy (non-hydrogen) atoms. The van der Waals surface area contributed by atoms with Gasteiger partial charge in [-0.15, -0.1) is 10.1 Å². The molecule has 12 nitrogen and oxygen atoms in total. The van der Waals surface area contributed by atoms with Gasteiger partial charge in [0.15, 0.2) is 0 Å². The van der Waals surface area contributed by atoms with Crippen molar-refractivity contribution in [3.05, 3.63) is 71.8 Å². The largest absolute Gasteiger partial charge is 0.494 e. The van der Waals surface area contributed by atoms with Crippen LogP contribution in [0, 0.1) is 0 Å². The predicted octanol–water partition coefficient (Wildman–Crippen LogP) is 8.17. The number of hydrogen-bond acceptors (Lipinski definition) is 12. The summed E-state index contributed by atoms with van der Waals surface area (Å²) in [6.45, 7) is 9.69. The molecule has 0 radical (unpaired) electrons. The molecule has 2 aromatic carbocycles. The smallest absolute Gasteiger partial charge is 0.349 e. The number of unbranched alkanes of at least 4 members (excludes halogenated alkanes) is 14. The maximum Gasteiger partial charge on any atom is 0.349 e. The highest BCUT2D eigenvalue weighted by atomic mass is 16.7. The molecular formula is C46H74N6O6. The van der Waals surface area contributed by atoms with Crippen LogP contribution in [-0.4, -0.2) is 88.1 Å². The maximum atomic E-state index is 12.7. The molecule has 1 fully saturated rings. The van der Waals surface area contributed by atoms with Crippen LogP contribution in [0.15, 0.2) is 60.7 Å². The minimum Gasteiger partial charge on any atom is -0.494 e. The van der Waals surface area contributed by atoms with Crippen LogP contribution in [0.1, 0.15) is 128 Å². The first-order valence-corrected chi connectivity index (χ1v) is 22.1. The summed E-state index contributed by atoms with van der Waals surface area (Å²) in [5, 5.41) is 16.2. The SMILES string of the molecule is CCCCCCCCCCOc1ccc(/C=C/C(=O)ON2CNCCNCN(OC(=O)/C=C/c3ccc(OCCCCCCCCCC)cc3)CNCCNC2)cc1. The van der Waals surface area contributed by atoms with E-state index in [2.05, 4.69) is 35.1 Å². The van der Waals surface area contributed by atoms with Gasteiger partial charge < -0.3 is 40.4 Å². The van der Waals surface area contributed by atoms with E-state index in [1.165, 1.54) is 102 Å². The van der Waals surface area contributed by atoms with E-state index in [4.69, 9.17) is 19.1 Å². The molecule has 4 N–H and O–H groups in total. The van der Waals surface area contributed by atoms with Crippen LogP contribution >= 0.6 is 0 Å². The highest BCUT2D eigenvalue weighted by molar-refractivity contribution is 5.87. The normalized spacial score (nSPS) is 15.3. The van der Waals surface area contributed by atoms with E-state index in [9.17, 15) is 9.59 Å². The maximum absolute atomic E-state index is 12.7. The van der Waals surface area contributed by atoms with Gasteiger partial charge in [-0.05, 0) is 60.4 Å². The Balaban J connectivity index is 1.29. The van der Waals surface area contributed by atoms with Crippen molar-refractivity contribution >= 4 is 24.1 Å². The Morgan fingerprint density at radius 3 is 1.12 bits per heavy atom. The summed E-state index contributed by atoms with van der Waals surface area (Å²) in [5.74, 6) is 0.752.